The van der Waals surface area contributed by atoms with Crippen molar-refractivity contribution in [3.8, 4) is 0 Å². The number of aliphatic carboxylic acids is 1. The Hall–Kier alpha value is -1.89. The summed E-state index contributed by atoms with van der Waals surface area (Å²) >= 11 is 0. The minimum Gasteiger partial charge on any atom is -0.481 e. The average Bonchev–Trinajstić information content (AvgIpc) is 2.26. The molecule has 3 N–H and O–H groups in total. The predicted molar refractivity (Wildman–Crippen MR) is 68.4 cm³/mol. The van der Waals surface area contributed by atoms with Crippen LogP contribution in [0, 0.1) is 5.92 Å². The highest BCUT2D eigenvalue weighted by Crippen LogP contribution is 2.07. The summed E-state index contributed by atoms with van der Waals surface area (Å²) in [4.78, 5) is 34.8. The first kappa shape index (κ1) is 17.1. The van der Waals surface area contributed by atoms with Crippen LogP contribution in [0.25, 0.3) is 0 Å². The molecule has 0 rings (SSSR count). The Morgan fingerprint density at radius 1 is 1.37 bits per heavy atom. The van der Waals surface area contributed by atoms with Gasteiger partial charge in [0.25, 0.3) is 0 Å². The molecule has 7 nitrogen and oxygen atoms in total. The molecule has 1 atom stereocenters. The van der Waals surface area contributed by atoms with E-state index in [1.807, 2.05) is 0 Å². The molecule has 0 aliphatic heterocycles. The molecule has 7 heteroatoms. The van der Waals surface area contributed by atoms with Crippen LogP contribution in [0.4, 0.5) is 4.79 Å². The summed E-state index contributed by atoms with van der Waals surface area (Å²) in [5.41, 5.74) is 0. The molecular formula is C12H20N2O5. The molecule has 0 radical (unpaired) electrons. The van der Waals surface area contributed by atoms with Gasteiger partial charge in [0.2, 0.25) is 5.91 Å². The molecule has 0 aromatic rings. The van der Waals surface area contributed by atoms with Crippen molar-refractivity contribution in [1.29, 1.82) is 0 Å². The lowest BCUT2D eigenvalue weighted by Crippen LogP contribution is -2.44. The van der Waals surface area contributed by atoms with Crippen molar-refractivity contribution in [3.63, 3.8) is 0 Å². The van der Waals surface area contributed by atoms with E-state index in [0.717, 1.165) is 0 Å². The summed E-state index contributed by atoms with van der Waals surface area (Å²) < 4.78 is 0. The van der Waals surface area contributed by atoms with Gasteiger partial charge in [-0.15, -0.1) is 6.58 Å². The number of rotatable bonds is 8. The van der Waals surface area contributed by atoms with Gasteiger partial charge < -0.3 is 15.1 Å². The van der Waals surface area contributed by atoms with Gasteiger partial charge in [0.1, 0.15) is 0 Å². The van der Waals surface area contributed by atoms with E-state index in [-0.39, 0.29) is 38.5 Å². The quantitative estimate of drug-likeness (QED) is 0.547. The van der Waals surface area contributed by atoms with Gasteiger partial charge in [-0.2, -0.15) is 0 Å². The van der Waals surface area contributed by atoms with E-state index in [4.69, 9.17) is 10.2 Å². The van der Waals surface area contributed by atoms with E-state index in [2.05, 4.69) is 11.9 Å². The fraction of sp³-hybridized carbons (Fsp3) is 0.583. The first-order chi connectivity index (χ1) is 8.90. The molecule has 0 bridgehead atoms. The lowest BCUT2D eigenvalue weighted by molar-refractivity contribution is -0.138. The maximum atomic E-state index is 11.7. The van der Waals surface area contributed by atoms with Gasteiger partial charge in [-0.25, -0.2) is 4.79 Å². The van der Waals surface area contributed by atoms with Crippen LogP contribution in [0.5, 0.6) is 0 Å². The molecule has 0 saturated heterocycles. The number of imide groups is 1. The van der Waals surface area contributed by atoms with E-state index in [1.165, 1.54) is 11.0 Å². The van der Waals surface area contributed by atoms with Crippen molar-refractivity contribution in [2.24, 2.45) is 5.92 Å². The third-order valence-electron chi connectivity index (χ3n) is 2.31. The number of nitrogens with one attached hydrogen (secondary N) is 1. The zero-order valence-electron chi connectivity index (χ0n) is 11.0. The zero-order chi connectivity index (χ0) is 14.8. The van der Waals surface area contributed by atoms with Gasteiger partial charge in [-0.1, -0.05) is 13.0 Å². The second-order valence-electron chi connectivity index (χ2n) is 4.22. The molecule has 108 valence electrons. The molecule has 0 saturated carbocycles. The maximum absolute atomic E-state index is 11.7. The molecular weight excluding hydrogens is 252 g/mol. The third kappa shape index (κ3) is 7.93. The molecule has 0 spiro atoms. The molecule has 0 aromatic heterocycles. The normalized spacial score (nSPS) is 11.5. The molecule has 3 amide bonds. The topological polar surface area (TPSA) is 107 Å². The number of urea groups is 1. The maximum Gasteiger partial charge on any atom is 0.324 e. The number of hydrogen-bond donors (Lipinski definition) is 3. The van der Waals surface area contributed by atoms with Crippen LogP contribution in [0.3, 0.4) is 0 Å². The number of aliphatic hydroxyl groups is 1. The average molecular weight is 272 g/mol. The van der Waals surface area contributed by atoms with Crippen molar-refractivity contribution in [2.45, 2.75) is 19.8 Å². The number of carboxylic acid groups (broad SMARTS) is 1. The zero-order valence-corrected chi connectivity index (χ0v) is 11.0. The standard InChI is InChI=1S/C12H20N2O5/c1-3-4-14(5-6-15)12(19)13-10(16)7-9(2)8-11(17)18/h3,9,15H,1,4-8H2,2H3,(H,17,18)(H,13,16,19). The first-order valence-electron chi connectivity index (χ1n) is 5.93. The fourth-order valence-corrected chi connectivity index (χ4v) is 1.49. The van der Waals surface area contributed by atoms with E-state index >= 15 is 0 Å². The Labute approximate surface area is 111 Å². The summed E-state index contributed by atoms with van der Waals surface area (Å²) in [6, 6.07) is -0.624. The molecule has 1 unspecified atom stereocenters. The van der Waals surface area contributed by atoms with Crippen molar-refractivity contribution >= 4 is 17.9 Å². The summed E-state index contributed by atoms with van der Waals surface area (Å²) in [5.74, 6) is -1.87. The molecule has 0 heterocycles. The first-order valence-corrected chi connectivity index (χ1v) is 5.93. The lowest BCUT2D eigenvalue weighted by atomic mass is 10.0. The minimum atomic E-state index is -0.986. The lowest BCUT2D eigenvalue weighted by Gasteiger charge is -2.20. The molecule has 19 heavy (non-hydrogen) atoms. The Morgan fingerprint density at radius 2 is 2.00 bits per heavy atom. The number of nitrogens with zero attached hydrogens (tertiary/aromatic N) is 1. The van der Waals surface area contributed by atoms with Gasteiger partial charge in [0.05, 0.1) is 6.61 Å². The van der Waals surface area contributed by atoms with Gasteiger partial charge in [0, 0.05) is 25.9 Å². The van der Waals surface area contributed by atoms with E-state index in [0.29, 0.717) is 0 Å². The van der Waals surface area contributed by atoms with Gasteiger partial charge in [-0.05, 0) is 5.92 Å². The van der Waals surface area contributed by atoms with E-state index in [9.17, 15) is 14.4 Å². The smallest absolute Gasteiger partial charge is 0.324 e. The van der Waals surface area contributed by atoms with Crippen LogP contribution in [-0.2, 0) is 9.59 Å². The van der Waals surface area contributed by atoms with Crippen molar-refractivity contribution in [3.05, 3.63) is 12.7 Å². The number of aliphatic hydroxyl groups excluding tert-OH is 1. The number of hydrogen-bond acceptors (Lipinski definition) is 4. The van der Waals surface area contributed by atoms with Gasteiger partial charge >= 0.3 is 12.0 Å². The van der Waals surface area contributed by atoms with Crippen molar-refractivity contribution in [1.82, 2.24) is 10.2 Å². The molecule has 0 fully saturated rings. The van der Waals surface area contributed by atoms with Gasteiger partial charge in [-0.3, -0.25) is 14.9 Å². The second-order valence-corrected chi connectivity index (χ2v) is 4.22. The van der Waals surface area contributed by atoms with Gasteiger partial charge in [0.15, 0.2) is 0 Å². The monoisotopic (exact) mass is 272 g/mol. The minimum absolute atomic E-state index is 0.0426. The number of carboxylic acids is 1. The Morgan fingerprint density at radius 3 is 2.47 bits per heavy atom. The van der Waals surface area contributed by atoms with Crippen LogP contribution in [0.2, 0.25) is 0 Å². The van der Waals surface area contributed by atoms with Crippen LogP contribution in [-0.4, -0.2) is 52.7 Å². The second kappa shape index (κ2) is 9.09. The van der Waals surface area contributed by atoms with Crippen molar-refractivity contribution in [2.75, 3.05) is 19.7 Å². The number of carbonyl (C=O) groups excluding carboxylic acids is 2. The molecule has 0 aliphatic rings. The Bertz CT molecular complexity index is 343. The Balaban J connectivity index is 4.25. The summed E-state index contributed by atoms with van der Waals surface area (Å²) in [6.07, 6.45) is 1.31. The highest BCUT2D eigenvalue weighted by Gasteiger charge is 2.17. The summed E-state index contributed by atoms with van der Waals surface area (Å²) in [5, 5.41) is 19.5. The highest BCUT2D eigenvalue weighted by atomic mass is 16.4. The largest absolute Gasteiger partial charge is 0.481 e. The van der Waals surface area contributed by atoms with E-state index in [1.54, 1.807) is 6.92 Å². The fourth-order valence-electron chi connectivity index (χ4n) is 1.49. The highest BCUT2D eigenvalue weighted by molar-refractivity contribution is 5.94. The van der Waals surface area contributed by atoms with Crippen LogP contribution in [0.15, 0.2) is 12.7 Å². The van der Waals surface area contributed by atoms with Crippen LogP contribution >= 0.6 is 0 Å². The number of carbonyl (C=O) groups is 3. The molecule has 0 aliphatic carbocycles. The van der Waals surface area contributed by atoms with Crippen LogP contribution < -0.4 is 5.32 Å². The van der Waals surface area contributed by atoms with Crippen molar-refractivity contribution < 1.29 is 24.6 Å². The SMILES string of the molecule is C=CCN(CCO)C(=O)NC(=O)CC(C)CC(=O)O. The third-order valence-corrected chi connectivity index (χ3v) is 2.31. The van der Waals surface area contributed by atoms with Crippen LogP contribution in [0.1, 0.15) is 19.8 Å². The Kier molecular flexibility index (Phi) is 8.19. The summed E-state index contributed by atoms with van der Waals surface area (Å²) in [6.45, 7) is 5.18. The summed E-state index contributed by atoms with van der Waals surface area (Å²) in [7, 11) is 0. The predicted octanol–water partition coefficient (Wildman–Crippen LogP) is 0.204. The molecule has 0 aromatic carbocycles. The van der Waals surface area contributed by atoms with E-state index < -0.39 is 17.9 Å². The number of amides is 3.